The number of benzene rings is 2. The summed E-state index contributed by atoms with van der Waals surface area (Å²) < 4.78 is 47.6. The summed E-state index contributed by atoms with van der Waals surface area (Å²) in [5, 5.41) is 21.7. The molecule has 2 N–H and O–H groups in total. The van der Waals surface area contributed by atoms with Gasteiger partial charge in [-0.3, -0.25) is 9.69 Å². The minimum Gasteiger partial charge on any atom is -0.494 e. The van der Waals surface area contributed by atoms with E-state index in [1.165, 1.54) is 34.1 Å². The summed E-state index contributed by atoms with van der Waals surface area (Å²) in [6, 6.07) is 11.7. The van der Waals surface area contributed by atoms with Crippen molar-refractivity contribution in [3.8, 4) is 5.75 Å². The minimum atomic E-state index is -5.04. The van der Waals surface area contributed by atoms with Gasteiger partial charge in [-0.25, -0.2) is 0 Å². The molecule has 1 unspecified atom stereocenters. The quantitative estimate of drug-likeness (QED) is 0.388. The molecule has 0 aliphatic carbocycles. The maximum Gasteiger partial charge on any atom is 0.425 e. The number of alkyl halides is 3. The van der Waals surface area contributed by atoms with Gasteiger partial charge in [-0.2, -0.15) is 13.2 Å². The van der Waals surface area contributed by atoms with E-state index in [9.17, 15) is 28.2 Å². The number of halogens is 4. The van der Waals surface area contributed by atoms with Gasteiger partial charge in [-0.1, -0.05) is 48.9 Å². The van der Waals surface area contributed by atoms with Crippen LogP contribution >= 0.6 is 11.6 Å². The number of hydrogen-bond donors (Lipinski definition) is 2. The van der Waals surface area contributed by atoms with Crippen molar-refractivity contribution in [3.63, 3.8) is 0 Å². The molecule has 1 amide bonds. The van der Waals surface area contributed by atoms with Crippen molar-refractivity contribution in [2.45, 2.75) is 50.6 Å². The van der Waals surface area contributed by atoms with Crippen LogP contribution in [0.1, 0.15) is 48.5 Å². The van der Waals surface area contributed by atoms with Gasteiger partial charge in [0.25, 0.3) is 5.91 Å². The zero-order valence-electron chi connectivity index (χ0n) is 21.9. The average molecular weight is 557 g/mol. The molecule has 0 radical (unpaired) electrons. The van der Waals surface area contributed by atoms with Crippen LogP contribution < -0.4 is 4.74 Å². The van der Waals surface area contributed by atoms with Crippen LogP contribution in [-0.2, 0) is 5.60 Å². The monoisotopic (exact) mass is 556 g/mol. The van der Waals surface area contributed by atoms with Gasteiger partial charge in [-0.05, 0) is 61.3 Å². The first-order valence-corrected chi connectivity index (χ1v) is 13.1. The molecule has 2 aromatic carbocycles. The Morgan fingerprint density at radius 3 is 2.34 bits per heavy atom. The number of piperidine rings is 1. The number of likely N-dealkylation sites (tertiary alicyclic amines) is 1. The van der Waals surface area contributed by atoms with E-state index < -0.39 is 18.0 Å². The van der Waals surface area contributed by atoms with Gasteiger partial charge >= 0.3 is 6.18 Å². The lowest BCUT2D eigenvalue weighted by atomic mass is 9.82. The van der Waals surface area contributed by atoms with Crippen LogP contribution in [-0.4, -0.2) is 72.1 Å². The Morgan fingerprint density at radius 2 is 1.79 bits per heavy atom. The van der Waals surface area contributed by atoms with Crippen LogP contribution in [0.4, 0.5) is 13.2 Å². The van der Waals surface area contributed by atoms with Crippen LogP contribution in [0.5, 0.6) is 5.75 Å². The second-order valence-electron chi connectivity index (χ2n) is 10.2. The first-order chi connectivity index (χ1) is 17.9. The lowest BCUT2D eigenvalue weighted by Gasteiger charge is -2.44. The molecule has 38 heavy (non-hydrogen) atoms. The topological polar surface area (TPSA) is 73.2 Å². The number of aliphatic hydroxyl groups excluding tert-OH is 1. The number of amides is 1. The molecule has 0 spiro atoms. The molecular formula is C28H36ClF3N2O4. The molecule has 1 heterocycles. The maximum absolute atomic E-state index is 13.9. The first kappa shape index (κ1) is 30.2. The second kappa shape index (κ2) is 12.7. The molecule has 3 rings (SSSR count). The molecule has 6 nitrogen and oxygen atoms in total. The average Bonchev–Trinajstić information content (AvgIpc) is 2.89. The van der Waals surface area contributed by atoms with Crippen molar-refractivity contribution < 1.29 is 32.9 Å². The fraction of sp³-hybridized carbons (Fsp3) is 0.536. The highest BCUT2D eigenvalue weighted by molar-refractivity contribution is 6.34. The summed E-state index contributed by atoms with van der Waals surface area (Å²) in [6.07, 6.45) is -4.24. The lowest BCUT2D eigenvalue weighted by Crippen LogP contribution is -2.60. The van der Waals surface area contributed by atoms with Gasteiger partial charge < -0.3 is 19.8 Å². The number of carbonyl (C=O) groups excluding carboxylic acids is 1. The molecule has 0 bridgehead atoms. The van der Waals surface area contributed by atoms with Gasteiger partial charge in [0.05, 0.1) is 17.2 Å². The van der Waals surface area contributed by atoms with Crippen molar-refractivity contribution in [2.75, 3.05) is 33.8 Å². The van der Waals surface area contributed by atoms with Gasteiger partial charge in [0, 0.05) is 27.2 Å². The van der Waals surface area contributed by atoms with E-state index in [0.29, 0.717) is 47.6 Å². The number of aliphatic hydroxyl groups is 2. The normalized spacial score (nSPS) is 18.4. The standard InChI is InChI=1S/C28H36ClF3N2O4/c1-19(8-7-17-38-22-11-12-23(24(29)18-22)25(35)33(2)3)20-13-15-34(16-14-20)26(36)27(37,28(30,31)32)21-9-5-4-6-10-21/h4-6,9-12,18-20,26,36-37H,7-8,13-17H2,1-3H3/t19-,26?,27-/m1/s1. The molecule has 3 atom stereocenters. The fourth-order valence-electron chi connectivity index (χ4n) is 4.98. The Hall–Kier alpha value is -2.33. The van der Waals surface area contributed by atoms with E-state index in [4.69, 9.17) is 16.3 Å². The molecule has 0 aromatic heterocycles. The van der Waals surface area contributed by atoms with Gasteiger partial charge in [0.15, 0.2) is 0 Å². The highest BCUT2D eigenvalue weighted by atomic mass is 35.5. The number of nitrogens with zero attached hydrogens (tertiary/aromatic N) is 2. The lowest BCUT2D eigenvalue weighted by molar-refractivity contribution is -0.320. The van der Waals surface area contributed by atoms with Crippen LogP contribution in [0, 0.1) is 11.8 Å². The van der Waals surface area contributed by atoms with Gasteiger partial charge in [0.2, 0.25) is 5.60 Å². The highest BCUT2D eigenvalue weighted by Gasteiger charge is 2.61. The fourth-order valence-corrected chi connectivity index (χ4v) is 5.23. The highest BCUT2D eigenvalue weighted by Crippen LogP contribution is 2.43. The van der Waals surface area contributed by atoms with E-state index in [0.717, 1.165) is 12.8 Å². The van der Waals surface area contributed by atoms with E-state index in [1.807, 2.05) is 0 Å². The van der Waals surface area contributed by atoms with Crippen molar-refractivity contribution in [2.24, 2.45) is 11.8 Å². The first-order valence-electron chi connectivity index (χ1n) is 12.8. The molecule has 2 aromatic rings. The summed E-state index contributed by atoms with van der Waals surface area (Å²) >= 11 is 6.23. The van der Waals surface area contributed by atoms with Crippen LogP contribution in [0.3, 0.4) is 0 Å². The SMILES string of the molecule is C[C@H](CCCOc1ccc(C(=O)N(C)C)c(Cl)c1)C1CCN(C(O)[C@](O)(c2ccccc2)C(F)(F)F)CC1. The van der Waals surface area contributed by atoms with Gasteiger partial charge in [0.1, 0.15) is 12.0 Å². The Morgan fingerprint density at radius 1 is 1.16 bits per heavy atom. The van der Waals surface area contributed by atoms with E-state index >= 15 is 0 Å². The molecule has 1 aliphatic rings. The van der Waals surface area contributed by atoms with Crippen molar-refractivity contribution >= 4 is 17.5 Å². The Bertz CT molecular complexity index is 1060. The zero-order valence-corrected chi connectivity index (χ0v) is 22.7. The number of carbonyl (C=O) groups is 1. The van der Waals surface area contributed by atoms with Gasteiger partial charge in [-0.15, -0.1) is 0 Å². The smallest absolute Gasteiger partial charge is 0.425 e. The zero-order chi connectivity index (χ0) is 28.1. The molecule has 210 valence electrons. The van der Waals surface area contributed by atoms with Crippen LogP contribution in [0.25, 0.3) is 0 Å². The van der Waals surface area contributed by atoms with E-state index in [-0.39, 0.29) is 24.6 Å². The minimum absolute atomic E-state index is 0.183. The third kappa shape index (κ3) is 6.81. The predicted octanol–water partition coefficient (Wildman–Crippen LogP) is 5.32. The summed E-state index contributed by atoms with van der Waals surface area (Å²) in [7, 11) is 3.31. The van der Waals surface area contributed by atoms with E-state index in [1.54, 1.807) is 38.4 Å². The number of ether oxygens (including phenoxy) is 1. The van der Waals surface area contributed by atoms with Crippen LogP contribution in [0.2, 0.25) is 5.02 Å². The Kier molecular flexibility index (Phi) is 10.1. The summed E-state index contributed by atoms with van der Waals surface area (Å²) in [5.41, 5.74) is -3.34. The summed E-state index contributed by atoms with van der Waals surface area (Å²) in [6.45, 7) is 3.10. The molecule has 1 saturated heterocycles. The summed E-state index contributed by atoms with van der Waals surface area (Å²) in [5.74, 6) is 1.00. The molecule has 10 heteroatoms. The molecule has 1 aliphatic heterocycles. The number of hydrogen-bond acceptors (Lipinski definition) is 5. The molecule has 1 fully saturated rings. The van der Waals surface area contributed by atoms with E-state index in [2.05, 4.69) is 6.92 Å². The predicted molar refractivity (Wildman–Crippen MR) is 140 cm³/mol. The van der Waals surface area contributed by atoms with Crippen molar-refractivity contribution in [1.82, 2.24) is 9.80 Å². The third-order valence-corrected chi connectivity index (χ3v) is 7.71. The summed E-state index contributed by atoms with van der Waals surface area (Å²) in [4.78, 5) is 14.9. The molecule has 0 saturated carbocycles. The molecular weight excluding hydrogens is 521 g/mol. The van der Waals surface area contributed by atoms with Crippen molar-refractivity contribution in [1.29, 1.82) is 0 Å². The maximum atomic E-state index is 13.9. The van der Waals surface area contributed by atoms with Crippen molar-refractivity contribution in [3.05, 3.63) is 64.7 Å². The third-order valence-electron chi connectivity index (χ3n) is 7.39. The Labute approximate surface area is 227 Å². The van der Waals surface area contributed by atoms with Crippen LogP contribution in [0.15, 0.2) is 48.5 Å². The second-order valence-corrected chi connectivity index (χ2v) is 10.6. The Balaban J connectivity index is 1.48. The largest absolute Gasteiger partial charge is 0.494 e. The number of rotatable bonds is 10.